The lowest BCUT2D eigenvalue weighted by Gasteiger charge is -2.06. The van der Waals surface area contributed by atoms with Gasteiger partial charge >= 0.3 is 0 Å². The number of nitrogens with two attached hydrogens (primary N) is 1. The number of nitrogens with zero attached hydrogens (tertiary/aromatic N) is 3. The van der Waals surface area contributed by atoms with E-state index in [1.54, 1.807) is 0 Å². The number of imidazole rings is 1. The van der Waals surface area contributed by atoms with Crippen molar-refractivity contribution in [1.29, 1.82) is 0 Å². The van der Waals surface area contributed by atoms with Crippen molar-refractivity contribution in [2.24, 2.45) is 0 Å². The molecule has 0 spiro atoms. The smallest absolute Gasteiger partial charge is 0.180 e. The summed E-state index contributed by atoms with van der Waals surface area (Å²) in [4.78, 5) is 8.87. The molecule has 6 heteroatoms. The van der Waals surface area contributed by atoms with Crippen LogP contribution in [-0.2, 0) is 6.42 Å². The highest BCUT2D eigenvalue weighted by Gasteiger charge is 2.28. The zero-order chi connectivity index (χ0) is 13.7. The van der Waals surface area contributed by atoms with Crippen LogP contribution < -0.4 is 5.73 Å². The number of halogens is 1. The number of anilines is 1. The molecule has 20 heavy (non-hydrogen) atoms. The number of rotatable bonds is 3. The topological polar surface area (TPSA) is 56.7 Å². The molecule has 1 saturated carbocycles. The molecule has 0 saturated heterocycles. The highest BCUT2D eigenvalue weighted by Crippen LogP contribution is 2.39. The first kappa shape index (κ1) is 11.8. The maximum atomic E-state index is 13.3. The van der Waals surface area contributed by atoms with Crippen molar-refractivity contribution in [2.45, 2.75) is 25.3 Å². The minimum absolute atomic E-state index is 0.248. The Morgan fingerprint density at radius 3 is 2.90 bits per heavy atom. The number of fused-ring (bicyclic) bond motifs is 1. The fraction of sp³-hybridized carbons (Fsp3) is 0.286. The van der Waals surface area contributed by atoms with Crippen molar-refractivity contribution in [3.63, 3.8) is 0 Å². The summed E-state index contributed by atoms with van der Waals surface area (Å²) in [6.07, 6.45) is 2.96. The van der Waals surface area contributed by atoms with E-state index in [2.05, 4.69) is 14.5 Å². The van der Waals surface area contributed by atoms with Gasteiger partial charge in [0.15, 0.2) is 5.13 Å². The zero-order valence-corrected chi connectivity index (χ0v) is 11.5. The van der Waals surface area contributed by atoms with Gasteiger partial charge in [-0.2, -0.15) is 0 Å². The van der Waals surface area contributed by atoms with E-state index in [9.17, 15) is 4.39 Å². The summed E-state index contributed by atoms with van der Waals surface area (Å²) in [5, 5.41) is 2.52. The molecule has 0 bridgehead atoms. The quantitative estimate of drug-likeness (QED) is 0.805. The third-order valence-corrected chi connectivity index (χ3v) is 4.27. The third kappa shape index (κ3) is 1.96. The van der Waals surface area contributed by atoms with E-state index in [4.69, 9.17) is 5.73 Å². The lowest BCUT2D eigenvalue weighted by Crippen LogP contribution is -2.03. The van der Waals surface area contributed by atoms with Crippen LogP contribution in [-0.4, -0.2) is 14.5 Å². The molecule has 102 valence electrons. The number of hydrogen-bond donors (Lipinski definition) is 1. The molecule has 0 aliphatic heterocycles. The Kier molecular flexibility index (Phi) is 2.53. The maximum absolute atomic E-state index is 13.3. The van der Waals surface area contributed by atoms with Gasteiger partial charge in [-0.25, -0.2) is 14.4 Å². The monoisotopic (exact) mass is 288 g/mol. The highest BCUT2D eigenvalue weighted by molar-refractivity contribution is 7.13. The van der Waals surface area contributed by atoms with Crippen LogP contribution in [0, 0.1) is 5.82 Å². The summed E-state index contributed by atoms with van der Waals surface area (Å²) in [5.74, 6) is 0.695. The van der Waals surface area contributed by atoms with Gasteiger partial charge in [-0.15, -0.1) is 11.3 Å². The van der Waals surface area contributed by atoms with Crippen molar-refractivity contribution in [3.05, 3.63) is 40.9 Å². The zero-order valence-electron chi connectivity index (χ0n) is 10.7. The molecule has 2 aromatic heterocycles. The van der Waals surface area contributed by atoms with Gasteiger partial charge in [0.05, 0.1) is 16.7 Å². The average Bonchev–Trinajstić information content (AvgIpc) is 3.07. The second kappa shape index (κ2) is 4.28. The Morgan fingerprint density at radius 1 is 1.35 bits per heavy atom. The van der Waals surface area contributed by atoms with Crippen molar-refractivity contribution < 1.29 is 4.39 Å². The first-order chi connectivity index (χ1) is 9.70. The van der Waals surface area contributed by atoms with Crippen molar-refractivity contribution in [3.8, 4) is 0 Å². The summed E-state index contributed by atoms with van der Waals surface area (Å²) in [5.41, 5.74) is 8.31. The molecule has 2 heterocycles. The molecule has 1 aromatic carbocycles. The van der Waals surface area contributed by atoms with Gasteiger partial charge in [-0.3, -0.25) is 0 Å². The van der Waals surface area contributed by atoms with E-state index in [1.165, 1.54) is 23.5 Å². The number of nitrogen functional groups attached to an aromatic ring is 1. The minimum Gasteiger partial charge on any atom is -0.375 e. The Bertz CT molecular complexity index is 788. The highest BCUT2D eigenvalue weighted by atomic mass is 32.1. The lowest BCUT2D eigenvalue weighted by molar-refractivity contribution is 0.629. The molecule has 1 aliphatic carbocycles. The van der Waals surface area contributed by atoms with Gasteiger partial charge in [-0.1, -0.05) is 0 Å². The molecule has 3 aromatic rings. The Balaban J connectivity index is 1.83. The minimum atomic E-state index is -0.248. The molecular weight excluding hydrogens is 275 g/mol. The van der Waals surface area contributed by atoms with Gasteiger partial charge in [-0.05, 0) is 25.0 Å². The van der Waals surface area contributed by atoms with Gasteiger partial charge in [0.25, 0.3) is 0 Å². The fourth-order valence-corrected chi connectivity index (χ4v) is 3.12. The fourth-order valence-electron chi connectivity index (χ4n) is 2.55. The van der Waals surface area contributed by atoms with E-state index < -0.39 is 0 Å². The average molecular weight is 288 g/mol. The predicted molar refractivity (Wildman–Crippen MR) is 77.3 cm³/mol. The van der Waals surface area contributed by atoms with Gasteiger partial charge in [0.2, 0.25) is 0 Å². The molecule has 0 unspecified atom stereocenters. The first-order valence-electron chi connectivity index (χ1n) is 6.57. The van der Waals surface area contributed by atoms with Gasteiger partial charge in [0.1, 0.15) is 11.6 Å². The number of aromatic nitrogens is 3. The Labute approximate surface area is 119 Å². The number of benzene rings is 1. The van der Waals surface area contributed by atoms with E-state index in [0.717, 1.165) is 35.4 Å². The first-order valence-corrected chi connectivity index (χ1v) is 7.45. The SMILES string of the molecule is Nc1nc(Cc2nc3cc(F)ccc3n2C2CC2)cs1. The summed E-state index contributed by atoms with van der Waals surface area (Å²) >= 11 is 1.43. The molecule has 1 aliphatic rings. The second-order valence-electron chi connectivity index (χ2n) is 5.12. The molecule has 0 atom stereocenters. The molecular formula is C14H13FN4S. The van der Waals surface area contributed by atoms with Crippen molar-refractivity contribution >= 4 is 27.5 Å². The van der Waals surface area contributed by atoms with Gasteiger partial charge in [0, 0.05) is 23.9 Å². The summed E-state index contributed by atoms with van der Waals surface area (Å²) in [7, 11) is 0. The van der Waals surface area contributed by atoms with E-state index in [-0.39, 0.29) is 5.82 Å². The number of hydrogen-bond acceptors (Lipinski definition) is 4. The Morgan fingerprint density at radius 2 is 2.20 bits per heavy atom. The normalized spacial score (nSPS) is 15.1. The summed E-state index contributed by atoms with van der Waals surface area (Å²) in [6, 6.07) is 5.30. The summed E-state index contributed by atoms with van der Waals surface area (Å²) in [6.45, 7) is 0. The van der Waals surface area contributed by atoms with E-state index >= 15 is 0 Å². The van der Waals surface area contributed by atoms with Crippen molar-refractivity contribution in [1.82, 2.24) is 14.5 Å². The molecule has 0 amide bonds. The van der Waals surface area contributed by atoms with E-state index in [0.29, 0.717) is 17.6 Å². The molecule has 4 nitrogen and oxygen atoms in total. The van der Waals surface area contributed by atoms with Crippen LogP contribution >= 0.6 is 11.3 Å². The van der Waals surface area contributed by atoms with Crippen LogP contribution in [0.4, 0.5) is 9.52 Å². The predicted octanol–water partition coefficient (Wildman–Crippen LogP) is 3.14. The molecule has 0 radical (unpaired) electrons. The molecule has 4 rings (SSSR count). The second-order valence-corrected chi connectivity index (χ2v) is 6.01. The van der Waals surface area contributed by atoms with Crippen LogP contribution in [0.1, 0.15) is 30.4 Å². The van der Waals surface area contributed by atoms with Gasteiger partial charge < -0.3 is 10.3 Å². The third-order valence-electron chi connectivity index (χ3n) is 3.55. The largest absolute Gasteiger partial charge is 0.375 e. The number of thiazole rings is 1. The van der Waals surface area contributed by atoms with Crippen LogP contribution in [0.25, 0.3) is 11.0 Å². The van der Waals surface area contributed by atoms with Crippen LogP contribution in [0.2, 0.25) is 0 Å². The summed E-state index contributed by atoms with van der Waals surface area (Å²) < 4.78 is 15.6. The standard InChI is InChI=1S/C14H13FN4S/c15-8-1-4-12-11(5-8)18-13(19(12)10-2-3-10)6-9-7-20-14(16)17-9/h1,4-5,7,10H,2-3,6H2,(H2,16,17). The maximum Gasteiger partial charge on any atom is 0.180 e. The molecule has 2 N–H and O–H groups in total. The molecule has 1 fully saturated rings. The van der Waals surface area contributed by atoms with E-state index in [1.807, 2.05) is 11.4 Å². The van der Waals surface area contributed by atoms with Crippen molar-refractivity contribution in [2.75, 3.05) is 5.73 Å². The lowest BCUT2D eigenvalue weighted by atomic mass is 10.3. The van der Waals surface area contributed by atoms with Crippen LogP contribution in [0.3, 0.4) is 0 Å². The van der Waals surface area contributed by atoms with Crippen LogP contribution in [0.15, 0.2) is 23.6 Å². The van der Waals surface area contributed by atoms with Crippen LogP contribution in [0.5, 0.6) is 0 Å². The Hall–Kier alpha value is -1.95.